The first kappa shape index (κ1) is 16.5. The highest BCUT2D eigenvalue weighted by Gasteiger charge is 2.33. The van der Waals surface area contributed by atoms with E-state index in [9.17, 15) is 14.4 Å². The Labute approximate surface area is 144 Å². The molecule has 130 valence electrons. The van der Waals surface area contributed by atoms with Crippen molar-refractivity contribution >= 4 is 35.2 Å². The van der Waals surface area contributed by atoms with E-state index in [0.29, 0.717) is 30.3 Å². The van der Waals surface area contributed by atoms with Gasteiger partial charge in [-0.15, -0.1) is 0 Å². The molecule has 1 aliphatic heterocycles. The van der Waals surface area contributed by atoms with E-state index in [1.54, 1.807) is 24.3 Å². The van der Waals surface area contributed by atoms with Crippen LogP contribution in [0.2, 0.25) is 0 Å². The van der Waals surface area contributed by atoms with Crippen molar-refractivity contribution in [2.45, 2.75) is 13.8 Å². The van der Waals surface area contributed by atoms with Crippen LogP contribution in [0.3, 0.4) is 0 Å². The lowest BCUT2D eigenvalue weighted by atomic mass is 10.1. The van der Waals surface area contributed by atoms with Crippen molar-refractivity contribution in [3.05, 3.63) is 36.0 Å². The van der Waals surface area contributed by atoms with Gasteiger partial charge in [0.15, 0.2) is 0 Å². The number of aromatic amines is 1. The molecule has 0 radical (unpaired) electrons. The first-order valence-electron chi connectivity index (χ1n) is 7.74. The maximum absolute atomic E-state index is 12.4. The van der Waals surface area contributed by atoms with Gasteiger partial charge in [-0.2, -0.15) is 5.10 Å². The van der Waals surface area contributed by atoms with Crippen molar-refractivity contribution < 1.29 is 14.4 Å². The molecule has 25 heavy (non-hydrogen) atoms. The molecule has 0 saturated carbocycles. The Morgan fingerprint density at radius 1 is 1.20 bits per heavy atom. The number of nitrogens with zero attached hydrogens (tertiary/aromatic N) is 3. The average molecular weight is 342 g/mol. The van der Waals surface area contributed by atoms with Gasteiger partial charge in [-0.1, -0.05) is 6.07 Å². The van der Waals surface area contributed by atoms with E-state index in [0.717, 1.165) is 5.56 Å². The number of carbonyl (C=O) groups is 3. The summed E-state index contributed by atoms with van der Waals surface area (Å²) in [5.74, 6) is 0.191. The molecule has 1 aromatic carbocycles. The summed E-state index contributed by atoms with van der Waals surface area (Å²) in [5.41, 5.74) is 1.97. The number of benzene rings is 1. The number of H-pyrrole nitrogens is 1. The minimum atomic E-state index is -0.428. The van der Waals surface area contributed by atoms with Crippen LogP contribution in [0.1, 0.15) is 12.5 Å². The van der Waals surface area contributed by atoms with Gasteiger partial charge in [-0.3, -0.25) is 25.0 Å². The number of anilines is 3. The first-order chi connectivity index (χ1) is 12.0. The topological polar surface area (TPSA) is 110 Å². The molecule has 9 heteroatoms. The molecule has 5 amide bonds. The SMILES string of the molecule is CC(=O)N1CCN(c2cccc(NC(=O)Nc3ccn[nH]3)c2C)C1=O. The minimum absolute atomic E-state index is 0.279. The Bertz CT molecular complexity index is 817. The standard InChI is InChI=1S/C16H18N6O3/c1-10-12(18-15(24)19-14-6-7-17-20-14)4-3-5-13(10)22-9-8-21(11(2)23)16(22)25/h3-7H,8-9H2,1-2H3,(H3,17,18,19,20,24). The van der Waals surface area contributed by atoms with Gasteiger partial charge in [0, 0.05) is 31.8 Å². The van der Waals surface area contributed by atoms with E-state index in [-0.39, 0.29) is 11.9 Å². The van der Waals surface area contributed by atoms with Crippen molar-refractivity contribution in [3.8, 4) is 0 Å². The number of nitrogens with one attached hydrogen (secondary N) is 3. The number of aromatic nitrogens is 2. The lowest BCUT2D eigenvalue weighted by molar-refractivity contribution is -0.125. The van der Waals surface area contributed by atoms with Gasteiger partial charge in [0.25, 0.3) is 0 Å². The van der Waals surface area contributed by atoms with Crippen molar-refractivity contribution in [1.82, 2.24) is 15.1 Å². The second kappa shape index (κ2) is 6.63. The molecule has 0 bridgehead atoms. The van der Waals surface area contributed by atoms with E-state index in [4.69, 9.17) is 0 Å². The molecular formula is C16H18N6O3. The third kappa shape index (κ3) is 3.30. The summed E-state index contributed by atoms with van der Waals surface area (Å²) in [7, 11) is 0. The van der Waals surface area contributed by atoms with Crippen molar-refractivity contribution in [2.24, 2.45) is 0 Å². The molecule has 1 aromatic heterocycles. The van der Waals surface area contributed by atoms with Gasteiger partial charge in [0.2, 0.25) is 5.91 Å². The van der Waals surface area contributed by atoms with Crippen LogP contribution in [0.5, 0.6) is 0 Å². The summed E-state index contributed by atoms with van der Waals surface area (Å²) in [5, 5.41) is 11.7. The Hall–Kier alpha value is -3.36. The van der Waals surface area contributed by atoms with Gasteiger partial charge < -0.3 is 5.32 Å². The lowest BCUT2D eigenvalue weighted by Gasteiger charge is -2.20. The quantitative estimate of drug-likeness (QED) is 0.793. The minimum Gasteiger partial charge on any atom is -0.307 e. The van der Waals surface area contributed by atoms with Crippen LogP contribution in [0.4, 0.5) is 26.8 Å². The first-order valence-corrected chi connectivity index (χ1v) is 7.74. The molecule has 1 fully saturated rings. The zero-order valence-electron chi connectivity index (χ0n) is 13.9. The average Bonchev–Trinajstić information content (AvgIpc) is 3.19. The molecule has 2 heterocycles. The van der Waals surface area contributed by atoms with Crippen LogP contribution in [0, 0.1) is 6.92 Å². The Morgan fingerprint density at radius 3 is 2.64 bits per heavy atom. The van der Waals surface area contributed by atoms with Crippen LogP contribution in [0.25, 0.3) is 0 Å². The number of hydrogen-bond donors (Lipinski definition) is 3. The number of carbonyl (C=O) groups excluding carboxylic acids is 3. The van der Waals surface area contributed by atoms with Crippen LogP contribution in [-0.4, -0.2) is 46.2 Å². The van der Waals surface area contributed by atoms with E-state index in [1.807, 2.05) is 6.92 Å². The zero-order chi connectivity index (χ0) is 18.0. The molecule has 0 spiro atoms. The number of amides is 5. The number of urea groups is 2. The second-order valence-corrected chi connectivity index (χ2v) is 5.60. The second-order valence-electron chi connectivity index (χ2n) is 5.60. The van der Waals surface area contributed by atoms with E-state index in [2.05, 4.69) is 20.8 Å². The fourth-order valence-electron chi connectivity index (χ4n) is 2.71. The van der Waals surface area contributed by atoms with Crippen LogP contribution >= 0.6 is 0 Å². The summed E-state index contributed by atoms with van der Waals surface area (Å²) in [6, 6.07) is 6.13. The molecule has 1 aliphatic rings. The van der Waals surface area contributed by atoms with Crippen molar-refractivity contribution in [3.63, 3.8) is 0 Å². The third-order valence-electron chi connectivity index (χ3n) is 3.98. The van der Waals surface area contributed by atoms with Gasteiger partial charge in [-0.25, -0.2) is 9.59 Å². The highest BCUT2D eigenvalue weighted by atomic mass is 16.2. The molecule has 2 aromatic rings. The summed E-state index contributed by atoms with van der Waals surface area (Å²) in [6.45, 7) is 3.95. The maximum atomic E-state index is 12.4. The van der Waals surface area contributed by atoms with Gasteiger partial charge in [-0.05, 0) is 24.6 Å². The van der Waals surface area contributed by atoms with Crippen molar-refractivity contribution in [1.29, 1.82) is 0 Å². The molecule has 1 saturated heterocycles. The van der Waals surface area contributed by atoms with Crippen molar-refractivity contribution in [2.75, 3.05) is 28.6 Å². The highest BCUT2D eigenvalue weighted by molar-refractivity contribution is 6.05. The largest absolute Gasteiger partial charge is 0.331 e. The fraction of sp³-hybridized carbons (Fsp3) is 0.250. The number of imide groups is 1. The molecule has 0 unspecified atom stereocenters. The normalized spacial score (nSPS) is 13.9. The van der Waals surface area contributed by atoms with Crippen LogP contribution < -0.4 is 15.5 Å². The van der Waals surface area contributed by atoms with E-state index in [1.165, 1.54) is 22.9 Å². The summed E-state index contributed by atoms with van der Waals surface area (Å²) >= 11 is 0. The highest BCUT2D eigenvalue weighted by Crippen LogP contribution is 2.29. The lowest BCUT2D eigenvalue weighted by Crippen LogP contribution is -2.35. The Morgan fingerprint density at radius 2 is 2.00 bits per heavy atom. The molecule has 0 atom stereocenters. The predicted molar refractivity (Wildman–Crippen MR) is 92.5 cm³/mol. The monoisotopic (exact) mass is 342 g/mol. The summed E-state index contributed by atoms with van der Waals surface area (Å²) < 4.78 is 0. The maximum Gasteiger partial charge on any atom is 0.331 e. The van der Waals surface area contributed by atoms with Gasteiger partial charge in [0.05, 0.1) is 11.9 Å². The van der Waals surface area contributed by atoms with Crippen LogP contribution in [-0.2, 0) is 4.79 Å². The van der Waals surface area contributed by atoms with E-state index < -0.39 is 6.03 Å². The molecule has 3 N–H and O–H groups in total. The Kier molecular flexibility index (Phi) is 4.38. The summed E-state index contributed by atoms with van der Waals surface area (Å²) in [6.07, 6.45) is 1.53. The zero-order valence-corrected chi connectivity index (χ0v) is 13.9. The number of rotatable bonds is 3. The van der Waals surface area contributed by atoms with Crippen LogP contribution in [0.15, 0.2) is 30.5 Å². The smallest absolute Gasteiger partial charge is 0.307 e. The fourth-order valence-corrected chi connectivity index (χ4v) is 2.71. The molecular weight excluding hydrogens is 324 g/mol. The van der Waals surface area contributed by atoms with Gasteiger partial charge in [0.1, 0.15) is 5.82 Å². The predicted octanol–water partition coefficient (Wildman–Crippen LogP) is 2.15. The molecule has 9 nitrogen and oxygen atoms in total. The van der Waals surface area contributed by atoms with Gasteiger partial charge >= 0.3 is 12.1 Å². The molecule has 3 rings (SSSR count). The number of hydrogen-bond acceptors (Lipinski definition) is 4. The Balaban J connectivity index is 1.77. The van der Waals surface area contributed by atoms with E-state index >= 15 is 0 Å². The third-order valence-corrected chi connectivity index (χ3v) is 3.98. The summed E-state index contributed by atoms with van der Waals surface area (Å²) in [4.78, 5) is 38.7. The molecule has 0 aliphatic carbocycles.